The summed E-state index contributed by atoms with van der Waals surface area (Å²) in [5.74, 6) is 0. The van der Waals surface area contributed by atoms with Gasteiger partial charge in [-0.2, -0.15) is 11.8 Å². The largest absolute Gasteiger partial charge is 0.308 e. The number of thioether (sulfide) groups is 1. The van der Waals surface area contributed by atoms with Gasteiger partial charge in [-0.15, -0.1) is 0 Å². The Hall–Kier alpha value is 0.310. The van der Waals surface area contributed by atoms with Crippen molar-refractivity contribution in [2.75, 3.05) is 6.26 Å². The second-order valence-corrected chi connectivity index (χ2v) is 5.78. The summed E-state index contributed by atoms with van der Waals surface area (Å²) in [6.07, 6.45) is 6.39. The summed E-state index contributed by atoms with van der Waals surface area (Å²) < 4.78 is 0. The molecule has 0 amide bonds. The third-order valence-corrected chi connectivity index (χ3v) is 3.54. The van der Waals surface area contributed by atoms with E-state index in [9.17, 15) is 0 Å². The van der Waals surface area contributed by atoms with E-state index in [2.05, 4.69) is 32.3 Å². The van der Waals surface area contributed by atoms with Crippen molar-refractivity contribution in [2.24, 2.45) is 0 Å². The average molecular weight is 187 g/mol. The van der Waals surface area contributed by atoms with Crippen molar-refractivity contribution in [3.8, 4) is 0 Å². The molecule has 1 rings (SSSR count). The van der Waals surface area contributed by atoms with Crippen molar-refractivity contribution in [3.63, 3.8) is 0 Å². The van der Waals surface area contributed by atoms with Crippen molar-refractivity contribution in [3.05, 3.63) is 0 Å². The van der Waals surface area contributed by atoms with Gasteiger partial charge in [0.15, 0.2) is 0 Å². The van der Waals surface area contributed by atoms with E-state index in [1.54, 1.807) is 0 Å². The van der Waals surface area contributed by atoms with Crippen molar-refractivity contribution in [2.45, 2.75) is 56.9 Å². The number of hydrogen-bond donors (Lipinski definition) is 1. The maximum absolute atomic E-state index is 3.70. The van der Waals surface area contributed by atoms with Crippen LogP contribution < -0.4 is 5.32 Å². The molecule has 12 heavy (non-hydrogen) atoms. The summed E-state index contributed by atoms with van der Waals surface area (Å²) in [6, 6.07) is 0.750. The minimum absolute atomic E-state index is 0.281. The lowest BCUT2D eigenvalue weighted by molar-refractivity contribution is 0.365. The highest BCUT2D eigenvalue weighted by molar-refractivity contribution is 7.99. The average Bonchev–Trinajstić information content (AvgIpc) is 2.31. The number of rotatable bonds is 2. The van der Waals surface area contributed by atoms with Crippen LogP contribution in [-0.4, -0.2) is 23.1 Å². The van der Waals surface area contributed by atoms with Gasteiger partial charge in [-0.05, 0) is 39.9 Å². The molecule has 1 fully saturated rings. The molecular formula is C10H21NS. The Labute approximate surface area is 80.7 Å². The van der Waals surface area contributed by atoms with Gasteiger partial charge in [0.25, 0.3) is 0 Å². The molecule has 0 aliphatic heterocycles. The lowest BCUT2D eigenvalue weighted by atomic mass is 10.1. The van der Waals surface area contributed by atoms with Crippen molar-refractivity contribution in [1.82, 2.24) is 5.32 Å². The predicted molar refractivity (Wildman–Crippen MR) is 57.8 cm³/mol. The first-order chi connectivity index (χ1) is 5.53. The first-order valence-electron chi connectivity index (χ1n) is 4.83. The molecule has 2 heteroatoms. The molecule has 2 unspecified atom stereocenters. The number of hydrogen-bond acceptors (Lipinski definition) is 2. The summed E-state index contributed by atoms with van der Waals surface area (Å²) in [5.41, 5.74) is 0.281. The Morgan fingerprint density at radius 2 is 1.92 bits per heavy atom. The summed E-state index contributed by atoms with van der Waals surface area (Å²) in [4.78, 5) is 0. The Kier molecular flexibility index (Phi) is 3.47. The van der Waals surface area contributed by atoms with Crippen LogP contribution in [0.15, 0.2) is 0 Å². The smallest absolute Gasteiger partial charge is 0.0198 e. The van der Waals surface area contributed by atoms with E-state index >= 15 is 0 Å². The van der Waals surface area contributed by atoms with Crippen LogP contribution in [0.1, 0.15) is 40.0 Å². The van der Waals surface area contributed by atoms with Crippen molar-refractivity contribution in [1.29, 1.82) is 0 Å². The van der Waals surface area contributed by atoms with Crippen LogP contribution >= 0.6 is 11.8 Å². The fourth-order valence-corrected chi connectivity index (χ4v) is 2.86. The van der Waals surface area contributed by atoms with E-state index in [1.807, 2.05) is 11.8 Å². The second-order valence-electron chi connectivity index (χ2n) is 4.71. The molecule has 1 nitrogen and oxygen atoms in total. The first kappa shape index (κ1) is 10.4. The van der Waals surface area contributed by atoms with Crippen LogP contribution in [0.3, 0.4) is 0 Å². The zero-order valence-corrected chi connectivity index (χ0v) is 9.50. The zero-order chi connectivity index (χ0) is 9.19. The van der Waals surface area contributed by atoms with Crippen LogP contribution in [0, 0.1) is 0 Å². The molecule has 0 aromatic rings. The van der Waals surface area contributed by atoms with Crippen LogP contribution in [0.4, 0.5) is 0 Å². The van der Waals surface area contributed by atoms with Crippen LogP contribution in [0.25, 0.3) is 0 Å². The highest BCUT2D eigenvalue weighted by Crippen LogP contribution is 2.29. The summed E-state index contributed by atoms with van der Waals surface area (Å²) in [6.45, 7) is 6.76. The van der Waals surface area contributed by atoms with E-state index < -0.39 is 0 Å². The fourth-order valence-electron chi connectivity index (χ4n) is 1.93. The molecule has 1 aliphatic carbocycles. The molecule has 0 heterocycles. The zero-order valence-electron chi connectivity index (χ0n) is 8.68. The maximum atomic E-state index is 3.70. The molecule has 0 aromatic heterocycles. The molecule has 0 aromatic carbocycles. The minimum atomic E-state index is 0.281. The third kappa shape index (κ3) is 2.98. The van der Waals surface area contributed by atoms with Gasteiger partial charge in [-0.1, -0.05) is 6.42 Å². The highest BCUT2D eigenvalue weighted by Gasteiger charge is 2.28. The second kappa shape index (κ2) is 4.01. The minimum Gasteiger partial charge on any atom is -0.308 e. The molecule has 1 N–H and O–H groups in total. The molecule has 1 saturated carbocycles. The van der Waals surface area contributed by atoms with E-state index in [4.69, 9.17) is 0 Å². The standard InChI is InChI=1S/C10H21NS/c1-10(2,3)11-8-6-5-7-9(8)12-4/h8-9,11H,5-7H2,1-4H3. The molecule has 2 atom stereocenters. The van der Waals surface area contributed by atoms with Crippen molar-refractivity contribution >= 4 is 11.8 Å². The maximum Gasteiger partial charge on any atom is 0.0198 e. The Balaban J connectivity index is 2.41. The predicted octanol–water partition coefficient (Wildman–Crippen LogP) is 2.66. The highest BCUT2D eigenvalue weighted by atomic mass is 32.2. The summed E-state index contributed by atoms with van der Waals surface area (Å²) >= 11 is 2.02. The van der Waals surface area contributed by atoms with E-state index in [0.29, 0.717) is 0 Å². The van der Waals surface area contributed by atoms with Crippen molar-refractivity contribution < 1.29 is 0 Å². The monoisotopic (exact) mass is 187 g/mol. The third-order valence-electron chi connectivity index (χ3n) is 2.37. The lowest BCUT2D eigenvalue weighted by Gasteiger charge is -2.29. The SMILES string of the molecule is CSC1CCCC1NC(C)(C)C. The van der Waals surface area contributed by atoms with Gasteiger partial charge >= 0.3 is 0 Å². The molecule has 0 spiro atoms. The molecule has 0 radical (unpaired) electrons. The Morgan fingerprint density at radius 3 is 2.42 bits per heavy atom. The van der Waals surface area contributed by atoms with Gasteiger partial charge in [0.05, 0.1) is 0 Å². The Bertz CT molecular complexity index is 139. The van der Waals surface area contributed by atoms with Gasteiger partial charge < -0.3 is 5.32 Å². The normalized spacial score (nSPS) is 31.0. The van der Waals surface area contributed by atoms with E-state index in [0.717, 1.165) is 11.3 Å². The van der Waals surface area contributed by atoms with Gasteiger partial charge in [-0.25, -0.2) is 0 Å². The van der Waals surface area contributed by atoms with Crippen LogP contribution in [0.2, 0.25) is 0 Å². The van der Waals surface area contributed by atoms with Crippen LogP contribution in [-0.2, 0) is 0 Å². The summed E-state index contributed by atoms with van der Waals surface area (Å²) in [7, 11) is 0. The Morgan fingerprint density at radius 1 is 1.25 bits per heavy atom. The van der Waals surface area contributed by atoms with E-state index in [1.165, 1.54) is 19.3 Å². The van der Waals surface area contributed by atoms with Gasteiger partial charge in [0.2, 0.25) is 0 Å². The van der Waals surface area contributed by atoms with Gasteiger partial charge in [-0.3, -0.25) is 0 Å². The molecule has 0 saturated heterocycles. The fraction of sp³-hybridized carbons (Fsp3) is 1.00. The van der Waals surface area contributed by atoms with E-state index in [-0.39, 0.29) is 5.54 Å². The lowest BCUT2D eigenvalue weighted by Crippen LogP contribution is -2.46. The topological polar surface area (TPSA) is 12.0 Å². The first-order valence-corrected chi connectivity index (χ1v) is 6.12. The summed E-state index contributed by atoms with van der Waals surface area (Å²) in [5, 5.41) is 4.55. The number of nitrogens with one attached hydrogen (secondary N) is 1. The quantitative estimate of drug-likeness (QED) is 0.713. The van der Waals surface area contributed by atoms with Gasteiger partial charge in [0.1, 0.15) is 0 Å². The molecule has 72 valence electrons. The molecule has 0 bridgehead atoms. The molecule has 1 aliphatic rings. The molecular weight excluding hydrogens is 166 g/mol. The van der Waals surface area contributed by atoms with Crippen LogP contribution in [0.5, 0.6) is 0 Å². The van der Waals surface area contributed by atoms with Gasteiger partial charge in [0, 0.05) is 16.8 Å².